The van der Waals surface area contributed by atoms with Gasteiger partial charge in [0, 0.05) is 6.07 Å². The highest BCUT2D eigenvalue weighted by atomic mass is 35.5. The van der Waals surface area contributed by atoms with Crippen molar-refractivity contribution in [2.24, 2.45) is 0 Å². The minimum Gasteiger partial charge on any atom is -0.493 e. The molecule has 0 bridgehead atoms. The summed E-state index contributed by atoms with van der Waals surface area (Å²) in [5.41, 5.74) is 1.70. The van der Waals surface area contributed by atoms with Gasteiger partial charge in [-0.2, -0.15) is 0 Å². The first kappa shape index (κ1) is 23.4. The van der Waals surface area contributed by atoms with Crippen LogP contribution < -0.4 is 19.1 Å². The van der Waals surface area contributed by atoms with Crippen LogP contribution in [0.4, 0.5) is 11.4 Å². The van der Waals surface area contributed by atoms with E-state index in [-0.39, 0.29) is 10.6 Å². The molecule has 3 rings (SSSR count). The topological polar surface area (TPSA) is 84.9 Å². The number of methoxy groups -OCH3 is 2. The van der Waals surface area contributed by atoms with Crippen molar-refractivity contribution in [3.05, 3.63) is 77.3 Å². The van der Waals surface area contributed by atoms with Gasteiger partial charge in [0.25, 0.3) is 10.0 Å². The number of carbonyl (C=O) groups excluding carboxylic acids is 1. The Morgan fingerprint density at radius 1 is 0.969 bits per heavy atom. The molecule has 1 amide bonds. The first-order valence-electron chi connectivity index (χ1n) is 9.62. The van der Waals surface area contributed by atoms with Crippen LogP contribution in [0.5, 0.6) is 11.5 Å². The van der Waals surface area contributed by atoms with E-state index >= 15 is 0 Å². The number of anilines is 2. The van der Waals surface area contributed by atoms with Gasteiger partial charge in [-0.1, -0.05) is 41.4 Å². The highest BCUT2D eigenvalue weighted by molar-refractivity contribution is 7.92. The molecular weight excluding hydrogens is 452 g/mol. The first-order valence-corrected chi connectivity index (χ1v) is 11.4. The van der Waals surface area contributed by atoms with Gasteiger partial charge in [-0.25, -0.2) is 8.42 Å². The minimum absolute atomic E-state index is 0.0405. The Bertz CT molecular complexity index is 1210. The average molecular weight is 475 g/mol. The molecule has 0 aliphatic heterocycles. The van der Waals surface area contributed by atoms with Crippen molar-refractivity contribution in [1.82, 2.24) is 0 Å². The molecule has 9 heteroatoms. The Kier molecular flexibility index (Phi) is 7.27. The van der Waals surface area contributed by atoms with E-state index in [0.29, 0.717) is 22.1 Å². The summed E-state index contributed by atoms with van der Waals surface area (Å²) >= 11 is 6.11. The van der Waals surface area contributed by atoms with Crippen molar-refractivity contribution in [3.8, 4) is 11.5 Å². The molecule has 3 aromatic rings. The molecule has 0 saturated carbocycles. The van der Waals surface area contributed by atoms with E-state index in [1.807, 2.05) is 6.92 Å². The molecule has 7 nitrogen and oxygen atoms in total. The number of halogens is 1. The number of sulfonamides is 1. The standard InChI is InChI=1S/C23H23ClN2O5S/c1-16-8-10-17(11-9-16)26(15-23(27)25-20-7-5-4-6-19(20)24)32(28,29)18-12-13-21(30-2)22(14-18)31-3/h4-14H,15H2,1-3H3,(H,25,27). The summed E-state index contributed by atoms with van der Waals surface area (Å²) in [7, 11) is -1.24. The lowest BCUT2D eigenvalue weighted by molar-refractivity contribution is -0.114. The molecule has 0 unspecified atom stereocenters. The highest BCUT2D eigenvalue weighted by Crippen LogP contribution is 2.32. The summed E-state index contributed by atoms with van der Waals surface area (Å²) in [6.45, 7) is 1.44. The van der Waals surface area contributed by atoms with E-state index in [9.17, 15) is 13.2 Å². The summed E-state index contributed by atoms with van der Waals surface area (Å²) in [5.74, 6) is 0.116. The van der Waals surface area contributed by atoms with E-state index in [1.165, 1.54) is 32.4 Å². The van der Waals surface area contributed by atoms with Gasteiger partial charge in [-0.05, 0) is 43.3 Å². The van der Waals surface area contributed by atoms with Gasteiger partial charge in [-0.15, -0.1) is 0 Å². The second-order valence-electron chi connectivity index (χ2n) is 6.89. The first-order chi connectivity index (χ1) is 15.3. The number of benzene rings is 3. The predicted molar refractivity (Wildman–Crippen MR) is 125 cm³/mol. The van der Waals surface area contributed by atoms with Gasteiger partial charge in [0.1, 0.15) is 6.54 Å². The van der Waals surface area contributed by atoms with Gasteiger partial charge >= 0.3 is 0 Å². The zero-order valence-electron chi connectivity index (χ0n) is 17.8. The molecule has 168 valence electrons. The number of amides is 1. The van der Waals surface area contributed by atoms with Crippen LogP contribution in [0.25, 0.3) is 0 Å². The molecule has 32 heavy (non-hydrogen) atoms. The molecule has 0 saturated heterocycles. The SMILES string of the molecule is COc1ccc(S(=O)(=O)N(CC(=O)Nc2ccccc2Cl)c2ccc(C)cc2)cc1OC. The van der Waals surface area contributed by atoms with Crippen LogP contribution in [0, 0.1) is 6.92 Å². The van der Waals surface area contributed by atoms with E-state index in [0.717, 1.165) is 9.87 Å². The maximum absolute atomic E-state index is 13.6. The summed E-state index contributed by atoms with van der Waals surface area (Å²) in [6, 6.07) is 17.9. The third-order valence-corrected chi connectivity index (χ3v) is 6.80. The molecule has 0 aromatic heterocycles. The monoisotopic (exact) mass is 474 g/mol. The number of para-hydroxylation sites is 1. The lowest BCUT2D eigenvalue weighted by Gasteiger charge is -2.24. The maximum Gasteiger partial charge on any atom is 0.264 e. The van der Waals surface area contributed by atoms with Crippen LogP contribution in [0.15, 0.2) is 71.6 Å². The molecule has 0 aliphatic rings. The van der Waals surface area contributed by atoms with Crippen LogP contribution in [-0.4, -0.2) is 35.1 Å². The van der Waals surface area contributed by atoms with E-state index in [1.54, 1.807) is 48.5 Å². The average Bonchev–Trinajstić information content (AvgIpc) is 2.79. The Balaban J connectivity index is 2.00. The molecule has 0 spiro atoms. The fraction of sp³-hybridized carbons (Fsp3) is 0.174. The van der Waals surface area contributed by atoms with Crippen LogP contribution in [0.3, 0.4) is 0 Å². The summed E-state index contributed by atoms with van der Waals surface area (Å²) in [4.78, 5) is 12.8. The van der Waals surface area contributed by atoms with Crippen molar-refractivity contribution >= 4 is 38.9 Å². The Hall–Kier alpha value is -3.23. The van der Waals surface area contributed by atoms with E-state index in [4.69, 9.17) is 21.1 Å². The summed E-state index contributed by atoms with van der Waals surface area (Å²) in [6.07, 6.45) is 0. The summed E-state index contributed by atoms with van der Waals surface area (Å²) < 4.78 is 38.6. The number of aryl methyl sites for hydroxylation is 1. The van der Waals surface area contributed by atoms with Gasteiger partial charge in [0.05, 0.1) is 35.5 Å². The minimum atomic E-state index is -4.12. The fourth-order valence-corrected chi connectivity index (χ4v) is 4.63. The molecule has 1 N–H and O–H groups in total. The number of carbonyl (C=O) groups is 1. The smallest absolute Gasteiger partial charge is 0.264 e. The second kappa shape index (κ2) is 9.93. The predicted octanol–water partition coefficient (Wildman–Crippen LogP) is 4.50. The van der Waals surface area contributed by atoms with Gasteiger partial charge in [-0.3, -0.25) is 9.10 Å². The van der Waals surface area contributed by atoms with E-state index in [2.05, 4.69) is 5.32 Å². The van der Waals surface area contributed by atoms with E-state index < -0.39 is 22.5 Å². The number of hydrogen-bond donors (Lipinski definition) is 1. The van der Waals surface area contributed by atoms with Crippen LogP contribution >= 0.6 is 11.6 Å². The van der Waals surface area contributed by atoms with Crippen LogP contribution in [0.1, 0.15) is 5.56 Å². The second-order valence-corrected chi connectivity index (χ2v) is 9.16. The number of nitrogens with zero attached hydrogens (tertiary/aromatic N) is 1. The largest absolute Gasteiger partial charge is 0.493 e. The quantitative estimate of drug-likeness (QED) is 0.519. The number of ether oxygens (including phenoxy) is 2. The molecule has 3 aromatic carbocycles. The van der Waals surface area contributed by atoms with Crippen molar-refractivity contribution in [3.63, 3.8) is 0 Å². The lowest BCUT2D eigenvalue weighted by atomic mass is 10.2. The highest BCUT2D eigenvalue weighted by Gasteiger charge is 2.28. The fourth-order valence-electron chi connectivity index (χ4n) is 3.01. The van der Waals surface area contributed by atoms with Crippen molar-refractivity contribution in [2.45, 2.75) is 11.8 Å². The van der Waals surface area contributed by atoms with Gasteiger partial charge in [0.2, 0.25) is 5.91 Å². The number of hydrogen-bond acceptors (Lipinski definition) is 5. The Morgan fingerprint density at radius 2 is 1.62 bits per heavy atom. The third kappa shape index (κ3) is 5.15. The lowest BCUT2D eigenvalue weighted by Crippen LogP contribution is -2.38. The third-order valence-electron chi connectivity index (χ3n) is 4.70. The molecular formula is C23H23ClN2O5S. The van der Waals surface area contributed by atoms with Crippen molar-refractivity contribution < 1.29 is 22.7 Å². The molecule has 0 fully saturated rings. The Morgan fingerprint density at radius 3 is 2.25 bits per heavy atom. The number of nitrogens with one attached hydrogen (secondary N) is 1. The van der Waals surface area contributed by atoms with Crippen LogP contribution in [-0.2, 0) is 14.8 Å². The van der Waals surface area contributed by atoms with Crippen molar-refractivity contribution in [1.29, 1.82) is 0 Å². The normalized spacial score (nSPS) is 11.0. The maximum atomic E-state index is 13.6. The van der Waals surface area contributed by atoms with Crippen molar-refractivity contribution in [2.75, 3.05) is 30.4 Å². The zero-order chi connectivity index (χ0) is 23.3. The molecule has 0 radical (unpaired) electrons. The molecule has 0 atom stereocenters. The van der Waals surface area contributed by atoms with Crippen LogP contribution in [0.2, 0.25) is 5.02 Å². The summed E-state index contributed by atoms with van der Waals surface area (Å²) in [5, 5.41) is 3.02. The van der Waals surface area contributed by atoms with Gasteiger partial charge < -0.3 is 14.8 Å². The molecule has 0 heterocycles. The molecule has 0 aliphatic carbocycles. The van der Waals surface area contributed by atoms with Gasteiger partial charge in [0.15, 0.2) is 11.5 Å². The number of rotatable bonds is 8. The Labute approximate surface area is 192 Å². The zero-order valence-corrected chi connectivity index (χ0v) is 19.4.